The number of nitrogens with one attached hydrogen (secondary N) is 1. The normalized spacial score (nSPS) is 12.0. The molecule has 0 fully saturated rings. The highest BCUT2D eigenvalue weighted by molar-refractivity contribution is 5.80. The van der Waals surface area contributed by atoms with Crippen LogP contribution in [0.15, 0.2) is 36.4 Å². The van der Waals surface area contributed by atoms with E-state index in [1.807, 2.05) is 0 Å². The third kappa shape index (κ3) is 2.49. The van der Waals surface area contributed by atoms with E-state index in [0.29, 0.717) is 16.9 Å². The summed E-state index contributed by atoms with van der Waals surface area (Å²) in [4.78, 5) is 7.03. The molecule has 0 aliphatic heterocycles. The first-order chi connectivity index (χ1) is 9.84. The third-order valence-corrected chi connectivity index (χ3v) is 3.26. The Bertz CT molecular complexity index is 818. The summed E-state index contributed by atoms with van der Waals surface area (Å²) < 4.78 is 51.4. The number of hydrogen-bond donors (Lipinski definition) is 1. The molecule has 21 heavy (non-hydrogen) atoms. The van der Waals surface area contributed by atoms with Crippen molar-refractivity contribution in [2.45, 2.75) is 13.1 Å². The zero-order valence-electron chi connectivity index (χ0n) is 10.9. The summed E-state index contributed by atoms with van der Waals surface area (Å²) in [6.45, 7) is 1.78. The van der Waals surface area contributed by atoms with E-state index in [2.05, 4.69) is 9.97 Å². The van der Waals surface area contributed by atoms with E-state index in [4.69, 9.17) is 0 Å². The highest BCUT2D eigenvalue weighted by atomic mass is 19.4. The lowest BCUT2D eigenvalue weighted by Gasteiger charge is -2.05. The minimum Gasteiger partial charge on any atom is -0.338 e. The second-order valence-corrected chi connectivity index (χ2v) is 4.77. The number of imidazole rings is 1. The number of aromatic nitrogens is 2. The first-order valence-corrected chi connectivity index (χ1v) is 6.18. The quantitative estimate of drug-likeness (QED) is 0.648. The van der Waals surface area contributed by atoms with E-state index in [1.54, 1.807) is 13.0 Å². The first-order valence-electron chi connectivity index (χ1n) is 6.18. The monoisotopic (exact) mass is 294 g/mol. The van der Waals surface area contributed by atoms with Gasteiger partial charge in [0.25, 0.3) is 0 Å². The topological polar surface area (TPSA) is 28.7 Å². The number of aryl methyl sites for hydroxylation is 1. The summed E-state index contributed by atoms with van der Waals surface area (Å²) in [5, 5.41) is 0. The van der Waals surface area contributed by atoms with Crippen LogP contribution in [0, 0.1) is 12.7 Å². The zero-order valence-corrected chi connectivity index (χ0v) is 10.9. The van der Waals surface area contributed by atoms with Crippen molar-refractivity contribution in [2.75, 3.05) is 0 Å². The van der Waals surface area contributed by atoms with Gasteiger partial charge >= 0.3 is 6.18 Å². The van der Waals surface area contributed by atoms with Crippen molar-refractivity contribution in [1.29, 1.82) is 0 Å². The van der Waals surface area contributed by atoms with E-state index in [-0.39, 0.29) is 5.52 Å². The Labute approximate surface area is 117 Å². The van der Waals surface area contributed by atoms with E-state index >= 15 is 0 Å². The molecule has 0 spiro atoms. The number of hydrogen-bond acceptors (Lipinski definition) is 1. The van der Waals surface area contributed by atoms with Gasteiger partial charge in [-0.15, -0.1) is 0 Å². The number of nitrogens with zero attached hydrogens (tertiary/aromatic N) is 1. The lowest BCUT2D eigenvalue weighted by atomic mass is 10.1. The molecular formula is C15H10F4N2. The Morgan fingerprint density at radius 2 is 1.81 bits per heavy atom. The van der Waals surface area contributed by atoms with Crippen LogP contribution in [0.1, 0.15) is 11.1 Å². The van der Waals surface area contributed by atoms with Gasteiger partial charge in [0.15, 0.2) is 0 Å². The minimum absolute atomic E-state index is 0.267. The molecule has 0 atom stereocenters. The smallest absolute Gasteiger partial charge is 0.338 e. The predicted octanol–water partition coefficient (Wildman–Crippen LogP) is 4.70. The highest BCUT2D eigenvalue weighted by Gasteiger charge is 2.30. The lowest BCUT2D eigenvalue weighted by Crippen LogP contribution is -2.04. The van der Waals surface area contributed by atoms with Crippen LogP contribution in [0.4, 0.5) is 17.6 Å². The van der Waals surface area contributed by atoms with Crippen LogP contribution in [0.3, 0.4) is 0 Å². The van der Waals surface area contributed by atoms with Crippen molar-refractivity contribution >= 4 is 11.0 Å². The van der Waals surface area contributed by atoms with Crippen LogP contribution in [0.25, 0.3) is 22.4 Å². The Kier molecular flexibility index (Phi) is 2.97. The molecule has 0 aliphatic carbocycles. The van der Waals surface area contributed by atoms with Gasteiger partial charge < -0.3 is 4.98 Å². The van der Waals surface area contributed by atoms with Crippen molar-refractivity contribution in [2.24, 2.45) is 0 Å². The molecule has 2 nitrogen and oxygen atoms in total. The molecule has 6 heteroatoms. The number of aromatic amines is 1. The fourth-order valence-electron chi connectivity index (χ4n) is 2.16. The molecular weight excluding hydrogens is 284 g/mol. The molecule has 108 valence electrons. The molecule has 0 bridgehead atoms. The van der Waals surface area contributed by atoms with Gasteiger partial charge in [0.05, 0.1) is 16.6 Å². The standard InChI is InChI=1S/C15H10F4N2/c1-8-2-4-10(16)7-11(8)14-20-12-5-3-9(15(17,18)19)6-13(12)21-14/h2-7H,1H3,(H,20,21). The van der Waals surface area contributed by atoms with Crippen molar-refractivity contribution in [3.63, 3.8) is 0 Å². The molecule has 0 amide bonds. The Morgan fingerprint density at radius 3 is 2.52 bits per heavy atom. The fourth-order valence-corrected chi connectivity index (χ4v) is 2.16. The van der Waals surface area contributed by atoms with Gasteiger partial charge in [0.2, 0.25) is 0 Å². The maximum Gasteiger partial charge on any atom is 0.416 e. The SMILES string of the molecule is Cc1ccc(F)cc1-c1nc2ccc(C(F)(F)F)cc2[nH]1. The molecule has 1 heterocycles. The highest BCUT2D eigenvalue weighted by Crippen LogP contribution is 2.32. The molecule has 1 aromatic heterocycles. The van der Waals surface area contributed by atoms with Crippen molar-refractivity contribution in [3.8, 4) is 11.4 Å². The van der Waals surface area contributed by atoms with Crippen molar-refractivity contribution in [1.82, 2.24) is 9.97 Å². The third-order valence-electron chi connectivity index (χ3n) is 3.26. The summed E-state index contributed by atoms with van der Waals surface area (Å²) in [6, 6.07) is 7.50. The Hall–Kier alpha value is -2.37. The maximum atomic E-state index is 13.3. The van der Waals surface area contributed by atoms with E-state index in [9.17, 15) is 17.6 Å². The Morgan fingerprint density at radius 1 is 1.05 bits per heavy atom. The summed E-state index contributed by atoms with van der Waals surface area (Å²) in [7, 11) is 0. The molecule has 0 unspecified atom stereocenters. The first kappa shape index (κ1) is 13.6. The second kappa shape index (κ2) is 4.58. The maximum absolute atomic E-state index is 13.3. The fraction of sp³-hybridized carbons (Fsp3) is 0.133. The van der Waals surface area contributed by atoms with Gasteiger partial charge in [-0.3, -0.25) is 0 Å². The number of rotatable bonds is 1. The lowest BCUT2D eigenvalue weighted by molar-refractivity contribution is -0.137. The van der Waals surface area contributed by atoms with Gasteiger partial charge in [0, 0.05) is 5.56 Å². The summed E-state index contributed by atoms with van der Waals surface area (Å²) in [6.07, 6.45) is -4.41. The zero-order chi connectivity index (χ0) is 15.2. The summed E-state index contributed by atoms with van der Waals surface area (Å²) >= 11 is 0. The van der Waals surface area contributed by atoms with Crippen LogP contribution in [0.2, 0.25) is 0 Å². The van der Waals surface area contributed by atoms with Gasteiger partial charge in [-0.05, 0) is 42.8 Å². The van der Waals surface area contributed by atoms with E-state index in [0.717, 1.165) is 17.7 Å². The van der Waals surface area contributed by atoms with E-state index in [1.165, 1.54) is 18.2 Å². The van der Waals surface area contributed by atoms with Gasteiger partial charge in [-0.1, -0.05) is 6.07 Å². The molecule has 1 N–H and O–H groups in total. The molecule has 3 aromatic rings. The number of halogens is 4. The van der Waals surface area contributed by atoms with Crippen molar-refractivity contribution < 1.29 is 17.6 Å². The van der Waals surface area contributed by atoms with Crippen LogP contribution in [-0.2, 0) is 6.18 Å². The van der Waals surface area contributed by atoms with Crippen LogP contribution in [-0.4, -0.2) is 9.97 Å². The Balaban J connectivity index is 2.15. The predicted molar refractivity (Wildman–Crippen MR) is 71.2 cm³/mol. The average Bonchev–Trinajstić information content (AvgIpc) is 2.83. The van der Waals surface area contributed by atoms with Crippen LogP contribution in [0.5, 0.6) is 0 Å². The molecule has 0 saturated heterocycles. The van der Waals surface area contributed by atoms with Gasteiger partial charge in [-0.2, -0.15) is 13.2 Å². The minimum atomic E-state index is -4.41. The molecule has 3 rings (SSSR count). The molecule has 2 aromatic carbocycles. The van der Waals surface area contributed by atoms with Gasteiger partial charge in [0.1, 0.15) is 11.6 Å². The number of fused-ring (bicyclic) bond motifs is 1. The molecule has 0 radical (unpaired) electrons. The number of benzene rings is 2. The van der Waals surface area contributed by atoms with E-state index < -0.39 is 17.6 Å². The molecule has 0 aliphatic rings. The summed E-state index contributed by atoms with van der Waals surface area (Å²) in [5.41, 5.74) is 1.23. The molecule has 0 saturated carbocycles. The average molecular weight is 294 g/mol. The summed E-state index contributed by atoms with van der Waals surface area (Å²) in [5.74, 6) is -0.0756. The van der Waals surface area contributed by atoms with Gasteiger partial charge in [-0.25, -0.2) is 9.37 Å². The van der Waals surface area contributed by atoms with Crippen LogP contribution < -0.4 is 0 Å². The second-order valence-electron chi connectivity index (χ2n) is 4.77. The number of alkyl halides is 3. The number of H-pyrrole nitrogens is 1. The van der Waals surface area contributed by atoms with Crippen molar-refractivity contribution in [3.05, 3.63) is 53.3 Å². The van der Waals surface area contributed by atoms with Crippen LogP contribution >= 0.6 is 0 Å². The largest absolute Gasteiger partial charge is 0.416 e.